The maximum atomic E-state index is 5.98. The van der Waals surface area contributed by atoms with E-state index in [4.69, 9.17) is 9.47 Å². The summed E-state index contributed by atoms with van der Waals surface area (Å²) < 4.78 is 11.4. The second-order valence-electron chi connectivity index (χ2n) is 6.47. The highest BCUT2D eigenvalue weighted by atomic mass is 127. The third-order valence-corrected chi connectivity index (χ3v) is 4.54. The molecular formula is C21H31IN4O2. The Morgan fingerprint density at radius 1 is 1.11 bits per heavy atom. The second kappa shape index (κ2) is 12.8. The number of hydrogen-bond acceptors (Lipinski definition) is 4. The molecule has 2 N–H and O–H groups in total. The highest BCUT2D eigenvalue weighted by molar-refractivity contribution is 14.0. The van der Waals surface area contributed by atoms with Gasteiger partial charge in [0.25, 0.3) is 0 Å². The molecule has 28 heavy (non-hydrogen) atoms. The predicted molar refractivity (Wildman–Crippen MR) is 126 cm³/mol. The van der Waals surface area contributed by atoms with Crippen LogP contribution in [0.3, 0.4) is 0 Å². The van der Waals surface area contributed by atoms with Gasteiger partial charge in [0.15, 0.2) is 5.96 Å². The molecule has 2 aromatic rings. The van der Waals surface area contributed by atoms with E-state index in [1.165, 1.54) is 5.39 Å². The van der Waals surface area contributed by atoms with Crippen molar-refractivity contribution in [2.45, 2.75) is 6.92 Å². The van der Waals surface area contributed by atoms with Gasteiger partial charge in [0, 0.05) is 31.6 Å². The number of rotatable bonds is 8. The first-order valence-electron chi connectivity index (χ1n) is 9.79. The van der Waals surface area contributed by atoms with Crippen molar-refractivity contribution >= 4 is 40.7 Å². The van der Waals surface area contributed by atoms with Crippen LogP contribution in [0.4, 0.5) is 0 Å². The number of nitrogens with one attached hydrogen (secondary N) is 2. The number of aliphatic imine (C=N–C) groups is 1. The van der Waals surface area contributed by atoms with Crippen molar-refractivity contribution in [3.8, 4) is 5.75 Å². The molecule has 1 aliphatic heterocycles. The standard InChI is InChI=1S/C21H30N4O2.HI/c1-2-22-21(23-10-12-25-13-16-26-17-14-25)24-11-15-27-20-9-5-7-18-6-3-4-8-19(18)20;/h3-9H,2,10-17H2,1H3,(H2,22,23,24);1H. The van der Waals surface area contributed by atoms with Crippen LogP contribution in [0.2, 0.25) is 0 Å². The van der Waals surface area contributed by atoms with Gasteiger partial charge in [0.05, 0.1) is 26.3 Å². The van der Waals surface area contributed by atoms with E-state index in [1.807, 2.05) is 24.3 Å². The first-order chi connectivity index (χ1) is 13.4. The topological polar surface area (TPSA) is 58.1 Å². The van der Waals surface area contributed by atoms with Crippen LogP contribution in [0.5, 0.6) is 5.75 Å². The number of morpholine rings is 1. The lowest BCUT2D eigenvalue weighted by molar-refractivity contribution is 0.0394. The van der Waals surface area contributed by atoms with Crippen LogP contribution in [0, 0.1) is 0 Å². The van der Waals surface area contributed by atoms with E-state index in [2.05, 4.69) is 45.6 Å². The first kappa shape index (κ1) is 22.7. The summed E-state index contributed by atoms with van der Waals surface area (Å²) in [5, 5.41) is 8.98. The maximum absolute atomic E-state index is 5.98. The number of guanidine groups is 1. The van der Waals surface area contributed by atoms with Crippen molar-refractivity contribution in [3.63, 3.8) is 0 Å². The summed E-state index contributed by atoms with van der Waals surface area (Å²) >= 11 is 0. The zero-order chi connectivity index (χ0) is 18.7. The molecule has 0 amide bonds. The average molecular weight is 498 g/mol. The number of hydrogen-bond donors (Lipinski definition) is 2. The Morgan fingerprint density at radius 3 is 2.71 bits per heavy atom. The van der Waals surface area contributed by atoms with E-state index in [0.29, 0.717) is 13.2 Å². The smallest absolute Gasteiger partial charge is 0.191 e. The minimum atomic E-state index is 0. The van der Waals surface area contributed by atoms with Crippen LogP contribution >= 0.6 is 24.0 Å². The van der Waals surface area contributed by atoms with Gasteiger partial charge in [-0.05, 0) is 18.4 Å². The molecule has 2 aromatic carbocycles. The van der Waals surface area contributed by atoms with Crippen molar-refractivity contribution in [1.29, 1.82) is 0 Å². The number of nitrogens with zero attached hydrogens (tertiary/aromatic N) is 2. The number of benzene rings is 2. The van der Waals surface area contributed by atoms with Gasteiger partial charge in [-0.1, -0.05) is 36.4 Å². The fourth-order valence-corrected chi connectivity index (χ4v) is 3.12. The van der Waals surface area contributed by atoms with Gasteiger partial charge in [-0.15, -0.1) is 24.0 Å². The summed E-state index contributed by atoms with van der Waals surface area (Å²) in [6.45, 7) is 9.59. The molecule has 0 aliphatic carbocycles. The van der Waals surface area contributed by atoms with E-state index in [0.717, 1.165) is 63.0 Å². The Kier molecular flexibility index (Phi) is 10.4. The largest absolute Gasteiger partial charge is 0.491 e. The van der Waals surface area contributed by atoms with Crippen LogP contribution in [0.15, 0.2) is 47.5 Å². The van der Waals surface area contributed by atoms with Crippen LogP contribution < -0.4 is 15.4 Å². The molecule has 0 spiro atoms. The summed E-state index contributed by atoms with van der Waals surface area (Å²) in [7, 11) is 0. The Labute approximate surface area is 184 Å². The Morgan fingerprint density at radius 2 is 1.89 bits per heavy atom. The average Bonchev–Trinajstić information content (AvgIpc) is 2.72. The monoisotopic (exact) mass is 498 g/mol. The molecule has 154 valence electrons. The normalized spacial score (nSPS) is 15.1. The van der Waals surface area contributed by atoms with Gasteiger partial charge in [0.2, 0.25) is 0 Å². The van der Waals surface area contributed by atoms with Crippen molar-refractivity contribution in [1.82, 2.24) is 15.5 Å². The van der Waals surface area contributed by atoms with Gasteiger partial charge >= 0.3 is 0 Å². The molecule has 1 aliphatic rings. The zero-order valence-electron chi connectivity index (χ0n) is 16.5. The third-order valence-electron chi connectivity index (χ3n) is 4.54. The lowest BCUT2D eigenvalue weighted by Gasteiger charge is -2.25. The van der Waals surface area contributed by atoms with Gasteiger partial charge < -0.3 is 20.1 Å². The summed E-state index contributed by atoms with van der Waals surface area (Å²) in [6, 6.07) is 14.4. The minimum absolute atomic E-state index is 0. The molecule has 7 heteroatoms. The highest BCUT2D eigenvalue weighted by Gasteiger charge is 2.09. The summed E-state index contributed by atoms with van der Waals surface area (Å²) in [4.78, 5) is 7.05. The molecule has 0 radical (unpaired) electrons. The van der Waals surface area contributed by atoms with Crippen LogP contribution in [-0.2, 0) is 4.74 Å². The number of halogens is 1. The molecular weight excluding hydrogens is 467 g/mol. The molecule has 0 bridgehead atoms. The Hall–Kier alpha value is -1.58. The van der Waals surface area contributed by atoms with Crippen LogP contribution in [-0.4, -0.2) is 69.9 Å². The van der Waals surface area contributed by atoms with E-state index in [1.54, 1.807) is 0 Å². The molecule has 1 heterocycles. The molecule has 0 saturated carbocycles. The maximum Gasteiger partial charge on any atom is 0.191 e. The summed E-state index contributed by atoms with van der Waals surface area (Å²) in [5.74, 6) is 1.76. The first-order valence-corrected chi connectivity index (χ1v) is 9.79. The van der Waals surface area contributed by atoms with E-state index in [9.17, 15) is 0 Å². The zero-order valence-corrected chi connectivity index (χ0v) is 18.9. The predicted octanol–water partition coefficient (Wildman–Crippen LogP) is 2.72. The van der Waals surface area contributed by atoms with E-state index in [-0.39, 0.29) is 24.0 Å². The van der Waals surface area contributed by atoms with Crippen LogP contribution in [0.25, 0.3) is 10.8 Å². The van der Waals surface area contributed by atoms with Crippen molar-refractivity contribution in [3.05, 3.63) is 42.5 Å². The van der Waals surface area contributed by atoms with Crippen molar-refractivity contribution in [2.75, 3.05) is 59.1 Å². The summed E-state index contributed by atoms with van der Waals surface area (Å²) in [5.41, 5.74) is 0. The Balaban J connectivity index is 0.00000280. The SMILES string of the molecule is CCNC(=NCCN1CCOCC1)NCCOc1cccc2ccccc12.I. The molecule has 0 unspecified atom stereocenters. The van der Waals surface area contributed by atoms with E-state index < -0.39 is 0 Å². The van der Waals surface area contributed by atoms with Gasteiger partial charge in [-0.2, -0.15) is 0 Å². The fourth-order valence-electron chi connectivity index (χ4n) is 3.12. The fraction of sp³-hybridized carbons (Fsp3) is 0.476. The molecule has 1 saturated heterocycles. The van der Waals surface area contributed by atoms with Crippen molar-refractivity contribution < 1.29 is 9.47 Å². The number of ether oxygens (including phenoxy) is 2. The molecule has 0 atom stereocenters. The lowest BCUT2D eigenvalue weighted by Crippen LogP contribution is -2.41. The quantitative estimate of drug-likeness (QED) is 0.254. The number of fused-ring (bicyclic) bond motifs is 1. The minimum Gasteiger partial charge on any atom is -0.491 e. The molecule has 6 nitrogen and oxygen atoms in total. The van der Waals surface area contributed by atoms with Gasteiger partial charge in [-0.3, -0.25) is 9.89 Å². The van der Waals surface area contributed by atoms with E-state index >= 15 is 0 Å². The van der Waals surface area contributed by atoms with Gasteiger partial charge in [-0.25, -0.2) is 0 Å². The van der Waals surface area contributed by atoms with Crippen molar-refractivity contribution in [2.24, 2.45) is 4.99 Å². The second-order valence-corrected chi connectivity index (χ2v) is 6.47. The van der Waals surface area contributed by atoms with Crippen LogP contribution in [0.1, 0.15) is 6.92 Å². The summed E-state index contributed by atoms with van der Waals surface area (Å²) in [6.07, 6.45) is 0. The third kappa shape index (κ3) is 7.10. The lowest BCUT2D eigenvalue weighted by atomic mass is 10.1. The molecule has 1 fully saturated rings. The highest BCUT2D eigenvalue weighted by Crippen LogP contribution is 2.24. The molecule has 0 aromatic heterocycles. The van der Waals surface area contributed by atoms with Gasteiger partial charge in [0.1, 0.15) is 12.4 Å². The molecule has 3 rings (SSSR count). The Bertz CT molecular complexity index is 730.